The predicted octanol–water partition coefficient (Wildman–Crippen LogP) is 0.438. The zero-order valence-corrected chi connectivity index (χ0v) is 11.6. The number of ether oxygens (including phenoxy) is 1. The van der Waals surface area contributed by atoms with Crippen LogP contribution in [0.3, 0.4) is 0 Å². The first-order chi connectivity index (χ1) is 9.54. The van der Waals surface area contributed by atoms with Crippen LogP contribution in [0, 0.1) is 0 Å². The lowest BCUT2D eigenvalue weighted by atomic mass is 10.2. The number of carbonyl (C=O) groups excluding carboxylic acids is 3. The summed E-state index contributed by atoms with van der Waals surface area (Å²) in [7, 11) is 2.87. The van der Waals surface area contributed by atoms with E-state index in [2.05, 4.69) is 10.1 Å². The summed E-state index contributed by atoms with van der Waals surface area (Å²) in [4.78, 5) is 35.8. The second-order valence-corrected chi connectivity index (χ2v) is 4.19. The molecule has 0 aromatic heterocycles. The van der Waals surface area contributed by atoms with Crippen molar-refractivity contribution in [3.63, 3.8) is 0 Å². The molecule has 1 rings (SSSR count). The Morgan fingerprint density at radius 2 is 1.85 bits per heavy atom. The molecule has 0 spiro atoms. The van der Waals surface area contributed by atoms with Crippen LogP contribution in [0.15, 0.2) is 30.3 Å². The van der Waals surface area contributed by atoms with Crippen molar-refractivity contribution in [3.8, 4) is 0 Å². The summed E-state index contributed by atoms with van der Waals surface area (Å²) < 4.78 is 4.49. The van der Waals surface area contributed by atoms with Crippen LogP contribution in [0.25, 0.3) is 0 Å². The van der Waals surface area contributed by atoms with Crippen LogP contribution < -0.4 is 5.32 Å². The number of carbonyl (C=O) groups is 3. The van der Waals surface area contributed by atoms with Gasteiger partial charge in [0.2, 0.25) is 5.91 Å². The number of rotatable bonds is 6. The van der Waals surface area contributed by atoms with Crippen molar-refractivity contribution < 1.29 is 19.1 Å². The molecule has 0 unspecified atom stereocenters. The smallest absolute Gasteiger partial charge is 0.307 e. The van der Waals surface area contributed by atoms with Crippen LogP contribution in [0.4, 0.5) is 0 Å². The second kappa shape index (κ2) is 7.93. The molecule has 0 saturated carbocycles. The van der Waals surface area contributed by atoms with E-state index in [1.165, 1.54) is 12.0 Å². The zero-order chi connectivity index (χ0) is 15.0. The third-order valence-corrected chi connectivity index (χ3v) is 2.74. The fourth-order valence-corrected chi connectivity index (χ4v) is 1.47. The number of amides is 2. The highest BCUT2D eigenvalue weighted by Gasteiger charge is 2.12. The second-order valence-electron chi connectivity index (χ2n) is 4.19. The molecule has 0 radical (unpaired) electrons. The third kappa shape index (κ3) is 5.09. The lowest BCUT2D eigenvalue weighted by molar-refractivity contribution is -0.141. The van der Waals surface area contributed by atoms with E-state index in [9.17, 15) is 14.4 Å². The fourth-order valence-electron chi connectivity index (χ4n) is 1.47. The Hall–Kier alpha value is -2.37. The summed E-state index contributed by atoms with van der Waals surface area (Å²) in [5.41, 5.74) is 0.498. The van der Waals surface area contributed by atoms with Gasteiger partial charge in [-0.25, -0.2) is 0 Å². The van der Waals surface area contributed by atoms with E-state index in [1.807, 2.05) is 6.07 Å². The Morgan fingerprint density at radius 3 is 2.45 bits per heavy atom. The maximum absolute atomic E-state index is 11.7. The van der Waals surface area contributed by atoms with Crippen LogP contribution in [0.2, 0.25) is 0 Å². The average Bonchev–Trinajstić information content (AvgIpc) is 2.50. The first kappa shape index (κ1) is 15.7. The molecule has 6 nitrogen and oxygen atoms in total. The average molecular weight is 278 g/mol. The first-order valence-corrected chi connectivity index (χ1v) is 6.18. The number of benzene rings is 1. The van der Waals surface area contributed by atoms with Gasteiger partial charge in [-0.3, -0.25) is 14.4 Å². The van der Waals surface area contributed by atoms with E-state index in [1.54, 1.807) is 31.3 Å². The molecule has 0 atom stereocenters. The summed E-state index contributed by atoms with van der Waals surface area (Å²) in [5.74, 6) is -0.948. The van der Waals surface area contributed by atoms with Crippen LogP contribution >= 0.6 is 0 Å². The third-order valence-electron chi connectivity index (χ3n) is 2.74. The van der Waals surface area contributed by atoms with E-state index in [0.717, 1.165) is 0 Å². The van der Waals surface area contributed by atoms with Crippen LogP contribution in [-0.4, -0.2) is 49.9 Å². The molecule has 0 saturated heterocycles. The summed E-state index contributed by atoms with van der Waals surface area (Å²) in [6, 6.07) is 8.64. The van der Waals surface area contributed by atoms with Crippen LogP contribution in [0.1, 0.15) is 16.8 Å². The van der Waals surface area contributed by atoms with Crippen molar-refractivity contribution in [1.82, 2.24) is 10.2 Å². The Morgan fingerprint density at radius 1 is 1.20 bits per heavy atom. The van der Waals surface area contributed by atoms with Crippen molar-refractivity contribution in [3.05, 3.63) is 35.9 Å². The van der Waals surface area contributed by atoms with Crippen LogP contribution in [-0.2, 0) is 14.3 Å². The fraction of sp³-hybridized carbons (Fsp3) is 0.357. The Balaban J connectivity index is 2.35. The monoisotopic (exact) mass is 278 g/mol. The molecule has 1 aromatic rings. The Kier molecular flexibility index (Phi) is 6.22. The van der Waals surface area contributed by atoms with E-state index in [-0.39, 0.29) is 37.3 Å². The molecular formula is C14H18N2O4. The Labute approximate surface area is 117 Å². The molecular weight excluding hydrogens is 260 g/mol. The van der Waals surface area contributed by atoms with Gasteiger partial charge in [-0.15, -0.1) is 0 Å². The molecule has 20 heavy (non-hydrogen) atoms. The van der Waals surface area contributed by atoms with Crippen molar-refractivity contribution >= 4 is 17.8 Å². The largest absolute Gasteiger partial charge is 0.469 e. The molecule has 0 fully saturated rings. The van der Waals surface area contributed by atoms with Gasteiger partial charge in [0.15, 0.2) is 0 Å². The van der Waals surface area contributed by atoms with Gasteiger partial charge in [-0.05, 0) is 12.1 Å². The summed E-state index contributed by atoms with van der Waals surface area (Å²) in [5, 5.41) is 2.53. The van der Waals surface area contributed by atoms with E-state index >= 15 is 0 Å². The van der Waals surface area contributed by atoms with Gasteiger partial charge in [-0.2, -0.15) is 0 Å². The standard InChI is InChI=1S/C14H18N2O4/c1-16(9-8-13(18)20-2)12(17)10-15-14(19)11-6-4-3-5-7-11/h3-7H,8-10H2,1-2H3,(H,15,19). The molecule has 108 valence electrons. The maximum Gasteiger partial charge on any atom is 0.307 e. The lowest BCUT2D eigenvalue weighted by Crippen LogP contribution is -2.39. The normalized spacial score (nSPS) is 9.70. The van der Waals surface area contributed by atoms with Gasteiger partial charge < -0.3 is 15.0 Å². The van der Waals surface area contributed by atoms with E-state index < -0.39 is 0 Å². The number of nitrogens with one attached hydrogen (secondary N) is 1. The van der Waals surface area contributed by atoms with Gasteiger partial charge >= 0.3 is 5.97 Å². The summed E-state index contributed by atoms with van der Waals surface area (Å²) >= 11 is 0. The Bertz CT molecular complexity index is 473. The lowest BCUT2D eigenvalue weighted by Gasteiger charge is -2.16. The van der Waals surface area contributed by atoms with Crippen molar-refractivity contribution in [2.45, 2.75) is 6.42 Å². The molecule has 0 heterocycles. The minimum absolute atomic E-state index is 0.106. The number of hydrogen-bond donors (Lipinski definition) is 1. The number of nitrogens with zero attached hydrogens (tertiary/aromatic N) is 1. The number of hydrogen-bond acceptors (Lipinski definition) is 4. The highest BCUT2D eigenvalue weighted by Crippen LogP contribution is 1.98. The molecule has 1 N–H and O–H groups in total. The van der Waals surface area contributed by atoms with Gasteiger partial charge in [0, 0.05) is 19.2 Å². The minimum Gasteiger partial charge on any atom is -0.469 e. The molecule has 6 heteroatoms. The molecule has 0 bridgehead atoms. The quantitative estimate of drug-likeness (QED) is 0.766. The highest BCUT2D eigenvalue weighted by molar-refractivity contribution is 5.96. The zero-order valence-electron chi connectivity index (χ0n) is 11.6. The van der Waals surface area contributed by atoms with Gasteiger partial charge in [0.1, 0.15) is 0 Å². The first-order valence-electron chi connectivity index (χ1n) is 6.18. The van der Waals surface area contributed by atoms with Crippen LogP contribution in [0.5, 0.6) is 0 Å². The molecule has 2 amide bonds. The van der Waals surface area contributed by atoms with Crippen molar-refractivity contribution in [1.29, 1.82) is 0 Å². The van der Waals surface area contributed by atoms with Crippen molar-refractivity contribution in [2.24, 2.45) is 0 Å². The minimum atomic E-state index is -0.377. The molecule has 0 aliphatic carbocycles. The molecule has 1 aromatic carbocycles. The van der Waals surface area contributed by atoms with Gasteiger partial charge in [0.25, 0.3) is 5.91 Å². The summed E-state index contributed by atoms with van der Waals surface area (Å²) in [6.45, 7) is 0.151. The molecule has 0 aliphatic rings. The van der Waals surface area contributed by atoms with E-state index in [4.69, 9.17) is 0 Å². The van der Waals surface area contributed by atoms with E-state index in [0.29, 0.717) is 5.56 Å². The topological polar surface area (TPSA) is 75.7 Å². The van der Waals surface area contributed by atoms with Gasteiger partial charge in [0.05, 0.1) is 20.1 Å². The number of methoxy groups -OCH3 is 1. The maximum atomic E-state index is 11.7. The number of likely N-dealkylation sites (N-methyl/N-ethyl adjacent to an activating group) is 1. The number of esters is 1. The molecule has 0 aliphatic heterocycles. The van der Waals surface area contributed by atoms with Gasteiger partial charge in [-0.1, -0.05) is 18.2 Å². The summed E-state index contributed by atoms with van der Waals surface area (Å²) in [6.07, 6.45) is 0.130. The SMILES string of the molecule is COC(=O)CCN(C)C(=O)CNC(=O)c1ccccc1. The highest BCUT2D eigenvalue weighted by atomic mass is 16.5. The van der Waals surface area contributed by atoms with Crippen molar-refractivity contribution in [2.75, 3.05) is 27.2 Å². The predicted molar refractivity (Wildman–Crippen MR) is 73.0 cm³/mol.